The number of carbonyl (C=O) groups is 1. The molecule has 0 unspecified atom stereocenters. The lowest BCUT2D eigenvalue weighted by Gasteiger charge is -2.22. The Bertz CT molecular complexity index is 450. The molecule has 2 rings (SSSR count). The monoisotopic (exact) mass is 285 g/mol. The van der Waals surface area contributed by atoms with Gasteiger partial charge in [0.25, 0.3) is 0 Å². The number of benzene rings is 1. The summed E-state index contributed by atoms with van der Waals surface area (Å²) in [7, 11) is 1.38. The Hall–Kier alpha value is -1.69. The van der Waals surface area contributed by atoms with E-state index in [1.54, 1.807) is 12.1 Å². The third kappa shape index (κ3) is 3.66. The molecule has 0 aliphatic carbocycles. The molecular formula is C14H17F2NO3. The van der Waals surface area contributed by atoms with Crippen LogP contribution in [0.2, 0.25) is 0 Å². The van der Waals surface area contributed by atoms with Crippen LogP contribution < -0.4 is 4.74 Å². The Labute approximate surface area is 116 Å². The number of halogens is 2. The molecule has 0 bridgehead atoms. The number of rotatable bonds is 5. The standard InChI is InChI=1S/C14H17F2NO3/c1-19-13(18)12-3-2-8-17(12)9-10-4-6-11(7-5-10)20-14(15)16/h4-7,12,14H,2-3,8-9H2,1H3/t12-/m1/s1. The quantitative estimate of drug-likeness (QED) is 0.779. The van der Waals surface area contributed by atoms with Gasteiger partial charge in [0.2, 0.25) is 0 Å². The Morgan fingerprint density at radius 2 is 2.10 bits per heavy atom. The number of carbonyl (C=O) groups excluding carboxylic acids is 1. The number of methoxy groups -OCH3 is 1. The summed E-state index contributed by atoms with van der Waals surface area (Å²) in [5.74, 6) is -0.0881. The zero-order valence-electron chi connectivity index (χ0n) is 11.2. The van der Waals surface area contributed by atoms with E-state index in [2.05, 4.69) is 4.74 Å². The van der Waals surface area contributed by atoms with Crippen LogP contribution in [-0.4, -0.2) is 37.2 Å². The van der Waals surface area contributed by atoms with Gasteiger partial charge in [0.05, 0.1) is 7.11 Å². The molecule has 0 saturated carbocycles. The van der Waals surface area contributed by atoms with E-state index in [1.165, 1.54) is 19.2 Å². The van der Waals surface area contributed by atoms with E-state index in [1.807, 2.05) is 4.90 Å². The van der Waals surface area contributed by atoms with Gasteiger partial charge in [0.1, 0.15) is 11.8 Å². The van der Waals surface area contributed by atoms with Crippen LogP contribution in [-0.2, 0) is 16.1 Å². The summed E-state index contributed by atoms with van der Waals surface area (Å²) >= 11 is 0. The second-order valence-electron chi connectivity index (χ2n) is 4.67. The highest BCUT2D eigenvalue weighted by molar-refractivity contribution is 5.75. The van der Waals surface area contributed by atoms with Crippen molar-refractivity contribution in [2.75, 3.05) is 13.7 Å². The summed E-state index contributed by atoms with van der Waals surface area (Å²) < 4.78 is 33.2. The van der Waals surface area contributed by atoms with Crippen molar-refractivity contribution < 1.29 is 23.0 Å². The van der Waals surface area contributed by atoms with E-state index in [-0.39, 0.29) is 17.8 Å². The molecular weight excluding hydrogens is 268 g/mol. The zero-order chi connectivity index (χ0) is 14.5. The van der Waals surface area contributed by atoms with Gasteiger partial charge in [0.15, 0.2) is 0 Å². The van der Waals surface area contributed by atoms with E-state index in [0.29, 0.717) is 6.54 Å². The first-order chi connectivity index (χ1) is 9.60. The molecule has 0 amide bonds. The average Bonchev–Trinajstić information content (AvgIpc) is 2.87. The van der Waals surface area contributed by atoms with Gasteiger partial charge in [-0.1, -0.05) is 12.1 Å². The molecule has 1 aliphatic heterocycles. The largest absolute Gasteiger partial charge is 0.468 e. The van der Waals surface area contributed by atoms with Crippen molar-refractivity contribution in [3.8, 4) is 5.75 Å². The summed E-state index contributed by atoms with van der Waals surface area (Å²) in [5.41, 5.74) is 0.947. The number of esters is 1. The third-order valence-corrected chi connectivity index (χ3v) is 3.37. The summed E-state index contributed by atoms with van der Waals surface area (Å²) in [5, 5.41) is 0. The fourth-order valence-corrected chi connectivity index (χ4v) is 2.43. The highest BCUT2D eigenvalue weighted by Gasteiger charge is 2.31. The van der Waals surface area contributed by atoms with E-state index >= 15 is 0 Å². The van der Waals surface area contributed by atoms with Crippen molar-refractivity contribution in [2.24, 2.45) is 0 Å². The van der Waals surface area contributed by atoms with Gasteiger partial charge in [-0.25, -0.2) is 0 Å². The number of hydrogen-bond acceptors (Lipinski definition) is 4. The van der Waals surface area contributed by atoms with Crippen molar-refractivity contribution in [1.82, 2.24) is 4.90 Å². The van der Waals surface area contributed by atoms with Crippen LogP contribution in [0.25, 0.3) is 0 Å². The lowest BCUT2D eigenvalue weighted by molar-refractivity contribution is -0.146. The molecule has 1 heterocycles. The number of alkyl halides is 2. The fraction of sp³-hybridized carbons (Fsp3) is 0.500. The SMILES string of the molecule is COC(=O)[C@H]1CCCN1Cc1ccc(OC(F)F)cc1. The van der Waals surface area contributed by atoms with Crippen LogP contribution in [0.5, 0.6) is 5.75 Å². The summed E-state index contributed by atoms with van der Waals surface area (Å²) in [6.07, 6.45) is 1.74. The smallest absolute Gasteiger partial charge is 0.387 e. The van der Waals surface area contributed by atoms with Crippen molar-refractivity contribution in [1.29, 1.82) is 0 Å². The highest BCUT2D eigenvalue weighted by atomic mass is 19.3. The van der Waals surface area contributed by atoms with Gasteiger partial charge >= 0.3 is 12.6 Å². The molecule has 0 N–H and O–H groups in total. The van der Waals surface area contributed by atoms with Gasteiger partial charge in [0, 0.05) is 6.54 Å². The topological polar surface area (TPSA) is 38.8 Å². The van der Waals surface area contributed by atoms with Crippen molar-refractivity contribution in [3.63, 3.8) is 0 Å². The minimum Gasteiger partial charge on any atom is -0.468 e. The minimum atomic E-state index is -2.82. The lowest BCUT2D eigenvalue weighted by Crippen LogP contribution is -2.36. The normalized spacial score (nSPS) is 19.3. The van der Waals surface area contributed by atoms with Gasteiger partial charge in [-0.2, -0.15) is 8.78 Å². The van der Waals surface area contributed by atoms with E-state index in [0.717, 1.165) is 24.9 Å². The molecule has 110 valence electrons. The Balaban J connectivity index is 1.97. The molecule has 4 nitrogen and oxygen atoms in total. The van der Waals surface area contributed by atoms with E-state index in [4.69, 9.17) is 4.74 Å². The molecule has 1 saturated heterocycles. The predicted octanol–water partition coefficient (Wildman–Crippen LogP) is 2.43. The second-order valence-corrected chi connectivity index (χ2v) is 4.67. The van der Waals surface area contributed by atoms with Crippen molar-refractivity contribution >= 4 is 5.97 Å². The van der Waals surface area contributed by atoms with Gasteiger partial charge < -0.3 is 9.47 Å². The molecule has 1 aromatic carbocycles. The zero-order valence-corrected chi connectivity index (χ0v) is 11.2. The van der Waals surface area contributed by atoms with Gasteiger partial charge in [-0.15, -0.1) is 0 Å². The van der Waals surface area contributed by atoms with E-state index in [9.17, 15) is 13.6 Å². The Kier molecular flexibility index (Phi) is 4.89. The molecule has 6 heteroatoms. The van der Waals surface area contributed by atoms with Crippen LogP contribution in [0.3, 0.4) is 0 Å². The van der Waals surface area contributed by atoms with Crippen molar-refractivity contribution in [3.05, 3.63) is 29.8 Å². The molecule has 1 aromatic rings. The lowest BCUT2D eigenvalue weighted by atomic mass is 10.2. The first-order valence-electron chi connectivity index (χ1n) is 6.46. The molecule has 0 radical (unpaired) electrons. The predicted molar refractivity (Wildman–Crippen MR) is 68.5 cm³/mol. The number of hydrogen-bond donors (Lipinski definition) is 0. The van der Waals surface area contributed by atoms with Crippen molar-refractivity contribution in [2.45, 2.75) is 32.0 Å². The van der Waals surface area contributed by atoms with Crippen LogP contribution in [0.1, 0.15) is 18.4 Å². The maximum Gasteiger partial charge on any atom is 0.387 e. The second kappa shape index (κ2) is 6.65. The van der Waals surface area contributed by atoms with Crippen LogP contribution in [0.15, 0.2) is 24.3 Å². The number of nitrogens with zero attached hydrogens (tertiary/aromatic N) is 1. The summed E-state index contributed by atoms with van der Waals surface area (Å²) in [6.45, 7) is -1.40. The maximum absolute atomic E-state index is 12.0. The molecule has 1 aliphatic rings. The van der Waals surface area contributed by atoms with Crippen LogP contribution in [0.4, 0.5) is 8.78 Å². The average molecular weight is 285 g/mol. The fourth-order valence-electron chi connectivity index (χ4n) is 2.43. The third-order valence-electron chi connectivity index (χ3n) is 3.37. The molecule has 1 atom stereocenters. The number of ether oxygens (including phenoxy) is 2. The Morgan fingerprint density at radius 1 is 1.40 bits per heavy atom. The first kappa shape index (κ1) is 14.7. The van der Waals surface area contributed by atoms with E-state index < -0.39 is 6.61 Å². The molecule has 20 heavy (non-hydrogen) atoms. The summed E-state index contributed by atoms with van der Waals surface area (Å²) in [6, 6.07) is 6.25. The van der Waals surface area contributed by atoms with Gasteiger partial charge in [-0.05, 0) is 37.1 Å². The first-order valence-corrected chi connectivity index (χ1v) is 6.46. The van der Waals surface area contributed by atoms with Crippen LogP contribution >= 0.6 is 0 Å². The molecule has 0 aromatic heterocycles. The van der Waals surface area contributed by atoms with Crippen LogP contribution in [0, 0.1) is 0 Å². The minimum absolute atomic E-state index is 0.134. The Morgan fingerprint density at radius 3 is 2.70 bits per heavy atom. The van der Waals surface area contributed by atoms with Gasteiger partial charge in [-0.3, -0.25) is 9.69 Å². The highest BCUT2D eigenvalue weighted by Crippen LogP contribution is 2.22. The molecule has 1 fully saturated rings. The number of likely N-dealkylation sites (tertiary alicyclic amines) is 1. The molecule has 0 spiro atoms. The summed E-state index contributed by atoms with van der Waals surface area (Å²) in [4.78, 5) is 13.7. The maximum atomic E-state index is 12.0.